The van der Waals surface area contributed by atoms with Crippen LogP contribution < -0.4 is 20.5 Å². The minimum absolute atomic E-state index is 0.00774. The summed E-state index contributed by atoms with van der Waals surface area (Å²) >= 11 is 1.49. The van der Waals surface area contributed by atoms with Crippen molar-refractivity contribution >= 4 is 34.7 Å². The van der Waals surface area contributed by atoms with Gasteiger partial charge in [-0.1, -0.05) is 13.0 Å². The summed E-state index contributed by atoms with van der Waals surface area (Å²) in [4.78, 5) is 38.8. The zero-order valence-electron chi connectivity index (χ0n) is 14.9. The van der Waals surface area contributed by atoms with Crippen molar-refractivity contribution in [3.63, 3.8) is 0 Å². The van der Waals surface area contributed by atoms with Crippen molar-refractivity contribution in [2.75, 3.05) is 11.5 Å². The van der Waals surface area contributed by atoms with Crippen molar-refractivity contribution in [1.29, 1.82) is 0 Å². The summed E-state index contributed by atoms with van der Waals surface area (Å²) < 4.78 is 5.51. The summed E-state index contributed by atoms with van der Waals surface area (Å²) in [5.74, 6) is -0.269. The number of anilines is 1. The van der Waals surface area contributed by atoms with Crippen LogP contribution in [0.4, 0.5) is 5.69 Å². The van der Waals surface area contributed by atoms with Gasteiger partial charge in [0.15, 0.2) is 0 Å². The predicted molar refractivity (Wildman–Crippen MR) is 102 cm³/mol. The first-order chi connectivity index (χ1) is 13.1. The predicted octanol–water partition coefficient (Wildman–Crippen LogP) is 2.03. The quantitative estimate of drug-likeness (QED) is 0.535. The highest BCUT2D eigenvalue weighted by atomic mass is 32.1. The zero-order chi connectivity index (χ0) is 19.2. The molecule has 0 aliphatic carbocycles. The van der Waals surface area contributed by atoms with Crippen molar-refractivity contribution in [2.24, 2.45) is 0 Å². The van der Waals surface area contributed by atoms with Crippen LogP contribution in [-0.2, 0) is 20.8 Å². The normalized spacial score (nSPS) is 16.6. The van der Waals surface area contributed by atoms with Crippen LogP contribution >= 0.6 is 11.3 Å². The molecule has 0 radical (unpaired) electrons. The molecule has 0 spiro atoms. The monoisotopic (exact) mass is 387 g/mol. The van der Waals surface area contributed by atoms with Gasteiger partial charge in [-0.05, 0) is 42.1 Å². The molecule has 1 fully saturated rings. The lowest BCUT2D eigenvalue weighted by Crippen LogP contribution is -2.48. The third-order valence-corrected chi connectivity index (χ3v) is 4.89. The molecular weight excluding hydrogens is 366 g/mol. The van der Waals surface area contributed by atoms with Crippen LogP contribution in [0.2, 0.25) is 0 Å². The molecule has 3 amide bonds. The highest BCUT2D eigenvalue weighted by Gasteiger charge is 2.39. The Labute approximate surface area is 161 Å². The van der Waals surface area contributed by atoms with E-state index < -0.39 is 11.9 Å². The van der Waals surface area contributed by atoms with Gasteiger partial charge in [0.05, 0.1) is 25.1 Å². The van der Waals surface area contributed by atoms with Crippen molar-refractivity contribution in [2.45, 2.75) is 32.2 Å². The van der Waals surface area contributed by atoms with Crippen LogP contribution in [0.15, 0.2) is 41.8 Å². The highest BCUT2D eigenvalue weighted by molar-refractivity contribution is 7.10. The van der Waals surface area contributed by atoms with E-state index in [1.54, 1.807) is 24.3 Å². The Bertz CT molecular complexity index is 805. The average molecular weight is 387 g/mol. The fourth-order valence-corrected chi connectivity index (χ4v) is 3.41. The van der Waals surface area contributed by atoms with Gasteiger partial charge in [0, 0.05) is 4.88 Å². The third-order valence-electron chi connectivity index (χ3n) is 4.02. The van der Waals surface area contributed by atoms with E-state index in [9.17, 15) is 14.4 Å². The molecule has 2 heterocycles. The van der Waals surface area contributed by atoms with Gasteiger partial charge in [-0.25, -0.2) is 10.3 Å². The van der Waals surface area contributed by atoms with E-state index in [1.165, 1.54) is 11.3 Å². The number of rotatable bonds is 8. The first kappa shape index (κ1) is 19.1. The second kappa shape index (κ2) is 8.79. The molecule has 1 aromatic carbocycles. The van der Waals surface area contributed by atoms with Crippen LogP contribution in [0.25, 0.3) is 0 Å². The fraction of sp³-hybridized carbons (Fsp3) is 0.316. The van der Waals surface area contributed by atoms with E-state index in [4.69, 9.17) is 4.74 Å². The van der Waals surface area contributed by atoms with Crippen molar-refractivity contribution in [3.05, 3.63) is 46.7 Å². The minimum Gasteiger partial charge on any atom is -0.494 e. The molecule has 0 bridgehead atoms. The van der Waals surface area contributed by atoms with Crippen molar-refractivity contribution < 1.29 is 19.1 Å². The van der Waals surface area contributed by atoms with E-state index in [0.29, 0.717) is 18.0 Å². The molecule has 27 heavy (non-hydrogen) atoms. The number of ether oxygens (including phenoxy) is 1. The lowest BCUT2D eigenvalue weighted by atomic mass is 10.2. The largest absolute Gasteiger partial charge is 0.494 e. The number of nitrogens with zero attached hydrogens (tertiary/aromatic N) is 1. The maximum absolute atomic E-state index is 12.6. The SMILES string of the molecule is CCCOc1ccc(N2C(=O)C[C@H](NNC(=O)Cc3cccs3)C2=O)cc1. The molecule has 7 nitrogen and oxygen atoms in total. The van der Waals surface area contributed by atoms with Gasteiger partial charge in [-0.15, -0.1) is 11.3 Å². The molecular formula is C19H21N3O4S. The third kappa shape index (κ3) is 4.72. The molecule has 2 N–H and O–H groups in total. The molecule has 8 heteroatoms. The number of hydrazine groups is 1. The summed E-state index contributed by atoms with van der Waals surface area (Å²) in [7, 11) is 0. The lowest BCUT2D eigenvalue weighted by molar-refractivity contribution is -0.122. The van der Waals surface area contributed by atoms with E-state index in [0.717, 1.165) is 16.2 Å². The van der Waals surface area contributed by atoms with Gasteiger partial charge in [0.25, 0.3) is 5.91 Å². The number of carbonyl (C=O) groups excluding carboxylic acids is 3. The summed E-state index contributed by atoms with van der Waals surface area (Å²) in [6.07, 6.45) is 1.12. The van der Waals surface area contributed by atoms with E-state index in [1.807, 2.05) is 24.4 Å². The lowest BCUT2D eigenvalue weighted by Gasteiger charge is -2.16. The van der Waals surface area contributed by atoms with Gasteiger partial charge in [0.2, 0.25) is 11.8 Å². The van der Waals surface area contributed by atoms with E-state index in [-0.39, 0.29) is 24.7 Å². The summed E-state index contributed by atoms with van der Waals surface area (Å²) in [6, 6.07) is 9.78. The molecule has 3 rings (SSSR count). The number of imide groups is 1. The maximum Gasteiger partial charge on any atom is 0.253 e. The first-order valence-corrected chi connectivity index (χ1v) is 9.63. The fourth-order valence-electron chi connectivity index (χ4n) is 2.71. The summed E-state index contributed by atoms with van der Waals surface area (Å²) in [5.41, 5.74) is 5.69. The highest BCUT2D eigenvalue weighted by Crippen LogP contribution is 2.25. The summed E-state index contributed by atoms with van der Waals surface area (Å²) in [6.45, 7) is 2.63. The average Bonchev–Trinajstić information content (AvgIpc) is 3.26. The van der Waals surface area contributed by atoms with Crippen molar-refractivity contribution in [1.82, 2.24) is 10.9 Å². The van der Waals surface area contributed by atoms with Crippen molar-refractivity contribution in [3.8, 4) is 5.75 Å². The number of carbonyl (C=O) groups is 3. The van der Waals surface area contributed by atoms with Crippen LogP contribution in [0.1, 0.15) is 24.6 Å². The number of amides is 3. The van der Waals surface area contributed by atoms with Crippen LogP contribution in [0.5, 0.6) is 5.75 Å². The van der Waals surface area contributed by atoms with E-state index >= 15 is 0 Å². The minimum atomic E-state index is -0.777. The molecule has 1 aromatic heterocycles. The number of hydrogen-bond donors (Lipinski definition) is 2. The second-order valence-electron chi connectivity index (χ2n) is 6.12. The Morgan fingerprint density at radius 3 is 2.70 bits per heavy atom. The summed E-state index contributed by atoms with van der Waals surface area (Å²) in [5, 5.41) is 1.89. The Kier molecular flexibility index (Phi) is 6.20. The smallest absolute Gasteiger partial charge is 0.253 e. The van der Waals surface area contributed by atoms with Crippen LogP contribution in [-0.4, -0.2) is 30.4 Å². The maximum atomic E-state index is 12.6. The number of hydrogen-bond acceptors (Lipinski definition) is 6. The first-order valence-electron chi connectivity index (χ1n) is 8.75. The Morgan fingerprint density at radius 2 is 2.04 bits per heavy atom. The van der Waals surface area contributed by atoms with Gasteiger partial charge >= 0.3 is 0 Å². The Balaban J connectivity index is 1.57. The molecule has 1 aliphatic heterocycles. The zero-order valence-corrected chi connectivity index (χ0v) is 15.8. The van der Waals surface area contributed by atoms with Gasteiger partial charge in [0.1, 0.15) is 11.8 Å². The Hall–Kier alpha value is -2.71. The van der Waals surface area contributed by atoms with Gasteiger partial charge in [-0.2, -0.15) is 0 Å². The molecule has 1 atom stereocenters. The van der Waals surface area contributed by atoms with E-state index in [2.05, 4.69) is 10.9 Å². The molecule has 1 aliphatic rings. The second-order valence-corrected chi connectivity index (χ2v) is 7.15. The Morgan fingerprint density at radius 1 is 1.26 bits per heavy atom. The molecule has 142 valence electrons. The standard InChI is InChI=1S/C19H21N3O4S/c1-2-9-26-14-7-5-13(6-8-14)22-18(24)12-16(19(22)25)20-21-17(23)11-15-4-3-10-27-15/h3-8,10,16,20H,2,9,11-12H2,1H3,(H,21,23)/t16-/m0/s1. The van der Waals surface area contributed by atoms with Gasteiger partial charge < -0.3 is 4.74 Å². The van der Waals surface area contributed by atoms with Crippen LogP contribution in [0, 0.1) is 0 Å². The topological polar surface area (TPSA) is 87.7 Å². The molecule has 0 unspecified atom stereocenters. The van der Waals surface area contributed by atoms with Crippen LogP contribution in [0.3, 0.4) is 0 Å². The van der Waals surface area contributed by atoms with Gasteiger partial charge in [-0.3, -0.25) is 19.8 Å². The molecule has 1 saturated heterocycles. The number of benzene rings is 1. The number of nitrogens with one attached hydrogen (secondary N) is 2. The number of thiophene rings is 1. The molecule has 0 saturated carbocycles. The molecule has 2 aromatic rings.